The number of rotatable bonds is 5. The zero-order valence-electron chi connectivity index (χ0n) is 16.4. The van der Waals surface area contributed by atoms with Crippen molar-refractivity contribution in [3.63, 3.8) is 0 Å². The second-order valence-electron chi connectivity index (χ2n) is 6.76. The summed E-state index contributed by atoms with van der Waals surface area (Å²) in [7, 11) is 1.79. The highest BCUT2D eigenvalue weighted by atomic mass is 79.9. The number of carbonyl (C=O) groups is 1. The topological polar surface area (TPSA) is 66.1 Å². The maximum atomic E-state index is 12.8. The smallest absolute Gasteiger partial charge is 0.259 e. The van der Waals surface area contributed by atoms with Crippen LogP contribution in [0.3, 0.4) is 0 Å². The molecule has 8 heteroatoms. The van der Waals surface area contributed by atoms with Gasteiger partial charge in [-0.3, -0.25) is 9.59 Å². The number of thiophene rings is 1. The number of anilines is 1. The average molecular weight is 480 g/mol. The third-order valence-corrected chi connectivity index (χ3v) is 7.49. The van der Waals surface area contributed by atoms with Gasteiger partial charge in [0.25, 0.3) is 5.56 Å². The Morgan fingerprint density at radius 1 is 1.36 bits per heavy atom. The Hall–Kier alpha value is -1.64. The second kappa shape index (κ2) is 8.39. The van der Waals surface area contributed by atoms with Crippen LogP contribution < -0.4 is 10.5 Å². The van der Waals surface area contributed by atoms with Gasteiger partial charge in [0, 0.05) is 22.1 Å². The van der Waals surface area contributed by atoms with Gasteiger partial charge in [0.15, 0.2) is 0 Å². The summed E-state index contributed by atoms with van der Waals surface area (Å²) in [5.41, 5.74) is 2.80. The molecule has 3 rings (SSSR count). The van der Waals surface area contributed by atoms with E-state index in [9.17, 15) is 9.59 Å². The molecule has 0 spiro atoms. The first-order chi connectivity index (χ1) is 13.2. The van der Waals surface area contributed by atoms with Crippen LogP contribution in [0.4, 0.5) is 5.69 Å². The molecule has 1 amide bonds. The summed E-state index contributed by atoms with van der Waals surface area (Å²) in [5.74, 6) is 1.09. The van der Waals surface area contributed by atoms with E-state index in [0.717, 1.165) is 31.0 Å². The zero-order chi connectivity index (χ0) is 20.6. The number of benzene rings is 1. The molecule has 0 saturated carbocycles. The van der Waals surface area contributed by atoms with Crippen molar-refractivity contribution in [1.29, 1.82) is 0 Å². The summed E-state index contributed by atoms with van der Waals surface area (Å²) in [6.07, 6.45) is 0. The lowest BCUT2D eigenvalue weighted by Crippen LogP contribution is -2.33. The average Bonchev–Trinajstić information content (AvgIpc) is 2.93. The molecule has 0 aliphatic rings. The fourth-order valence-corrected chi connectivity index (χ4v) is 5.40. The third kappa shape index (κ3) is 4.18. The van der Waals surface area contributed by atoms with Gasteiger partial charge in [-0.2, -0.15) is 0 Å². The standard InChI is InChI=1S/C20H22BrN3O2S2/c1-10-8-14(21)6-7-15(10)24(5)20(26)13(4)27-9-16-22-18(25)17-11(2)12(3)28-19(17)23-16/h6-8,13H,9H2,1-5H3,(H,22,23,25). The number of hydrogen-bond donors (Lipinski definition) is 1. The molecular formula is C20H22BrN3O2S2. The number of amides is 1. The largest absolute Gasteiger partial charge is 0.314 e. The molecule has 0 fully saturated rings. The number of carbonyl (C=O) groups excluding carboxylic acids is 1. The molecule has 1 N–H and O–H groups in total. The van der Waals surface area contributed by atoms with E-state index in [-0.39, 0.29) is 16.7 Å². The Labute approximate surface area is 180 Å². The van der Waals surface area contributed by atoms with Crippen LogP contribution in [0.1, 0.15) is 28.8 Å². The maximum absolute atomic E-state index is 12.8. The van der Waals surface area contributed by atoms with Crippen molar-refractivity contribution < 1.29 is 4.79 Å². The van der Waals surface area contributed by atoms with Crippen LogP contribution in [0.2, 0.25) is 0 Å². The van der Waals surface area contributed by atoms with Crippen molar-refractivity contribution in [2.45, 2.75) is 38.7 Å². The minimum absolute atomic E-state index is 0.0154. The van der Waals surface area contributed by atoms with Gasteiger partial charge in [-0.1, -0.05) is 15.9 Å². The molecule has 0 aliphatic heterocycles. The van der Waals surface area contributed by atoms with Gasteiger partial charge in [-0.15, -0.1) is 23.1 Å². The van der Waals surface area contributed by atoms with E-state index < -0.39 is 0 Å². The van der Waals surface area contributed by atoms with Crippen LogP contribution in [-0.2, 0) is 10.5 Å². The van der Waals surface area contributed by atoms with Gasteiger partial charge in [0.05, 0.1) is 16.4 Å². The predicted octanol–water partition coefficient (Wildman–Crippen LogP) is 4.96. The number of hydrogen-bond acceptors (Lipinski definition) is 5. The van der Waals surface area contributed by atoms with Crippen molar-refractivity contribution >= 4 is 60.8 Å². The Morgan fingerprint density at radius 2 is 2.07 bits per heavy atom. The summed E-state index contributed by atoms with van der Waals surface area (Å²) in [6.45, 7) is 7.81. The lowest BCUT2D eigenvalue weighted by Gasteiger charge is -2.23. The molecule has 1 atom stereocenters. The first-order valence-electron chi connectivity index (χ1n) is 8.83. The number of aryl methyl sites for hydroxylation is 3. The SMILES string of the molecule is Cc1cc(Br)ccc1N(C)C(=O)C(C)SCc1nc2sc(C)c(C)c2c(=O)[nH]1. The van der Waals surface area contributed by atoms with Gasteiger partial charge in [0.2, 0.25) is 5.91 Å². The van der Waals surface area contributed by atoms with E-state index in [1.54, 1.807) is 11.9 Å². The highest BCUT2D eigenvalue weighted by Crippen LogP contribution is 2.28. The monoisotopic (exact) mass is 479 g/mol. The Bertz CT molecular complexity index is 1110. The minimum Gasteiger partial charge on any atom is -0.314 e. The molecule has 5 nitrogen and oxygen atoms in total. The van der Waals surface area contributed by atoms with Gasteiger partial charge >= 0.3 is 0 Å². The van der Waals surface area contributed by atoms with Gasteiger partial charge in [-0.25, -0.2) is 4.98 Å². The molecule has 1 unspecified atom stereocenters. The summed E-state index contributed by atoms with van der Waals surface area (Å²) < 4.78 is 0.987. The van der Waals surface area contributed by atoms with Crippen molar-refractivity contribution in [2.24, 2.45) is 0 Å². The van der Waals surface area contributed by atoms with Crippen molar-refractivity contribution in [1.82, 2.24) is 9.97 Å². The van der Waals surface area contributed by atoms with Crippen LogP contribution in [-0.4, -0.2) is 28.2 Å². The summed E-state index contributed by atoms with van der Waals surface area (Å²) in [4.78, 5) is 36.2. The molecule has 0 saturated heterocycles. The molecule has 0 radical (unpaired) electrons. The molecule has 148 valence electrons. The summed E-state index contributed by atoms with van der Waals surface area (Å²) in [6, 6.07) is 5.85. The van der Waals surface area contributed by atoms with E-state index in [1.165, 1.54) is 23.1 Å². The van der Waals surface area contributed by atoms with Crippen molar-refractivity contribution in [3.05, 3.63) is 54.9 Å². The fraction of sp³-hybridized carbons (Fsp3) is 0.350. The van der Waals surface area contributed by atoms with Gasteiger partial charge < -0.3 is 9.88 Å². The number of aromatic amines is 1. The maximum Gasteiger partial charge on any atom is 0.259 e. The molecule has 28 heavy (non-hydrogen) atoms. The summed E-state index contributed by atoms with van der Waals surface area (Å²) in [5, 5.41) is 0.409. The number of nitrogens with zero attached hydrogens (tertiary/aromatic N) is 2. The lowest BCUT2D eigenvalue weighted by atomic mass is 10.2. The summed E-state index contributed by atoms with van der Waals surface area (Å²) >= 11 is 6.45. The van der Waals surface area contributed by atoms with Gasteiger partial charge in [-0.05, 0) is 57.0 Å². The highest BCUT2D eigenvalue weighted by Gasteiger charge is 2.21. The van der Waals surface area contributed by atoms with Crippen LogP contribution >= 0.6 is 39.0 Å². The van der Waals surface area contributed by atoms with E-state index in [4.69, 9.17) is 0 Å². The molecule has 1 aromatic carbocycles. The van der Waals surface area contributed by atoms with Crippen LogP contribution in [0.25, 0.3) is 10.2 Å². The van der Waals surface area contributed by atoms with Gasteiger partial charge in [0.1, 0.15) is 10.7 Å². The molecule has 2 aromatic heterocycles. The van der Waals surface area contributed by atoms with Crippen molar-refractivity contribution in [3.8, 4) is 0 Å². The van der Waals surface area contributed by atoms with E-state index in [2.05, 4.69) is 25.9 Å². The quantitative estimate of drug-likeness (QED) is 0.561. The van der Waals surface area contributed by atoms with Crippen LogP contribution in [0.5, 0.6) is 0 Å². The lowest BCUT2D eigenvalue weighted by molar-refractivity contribution is -0.117. The second-order valence-corrected chi connectivity index (χ2v) is 10.2. The first-order valence-corrected chi connectivity index (χ1v) is 11.5. The molecule has 2 heterocycles. The van der Waals surface area contributed by atoms with Crippen molar-refractivity contribution in [2.75, 3.05) is 11.9 Å². The molecular weight excluding hydrogens is 458 g/mol. The predicted molar refractivity (Wildman–Crippen MR) is 123 cm³/mol. The molecule has 3 aromatic rings. The third-order valence-electron chi connectivity index (χ3n) is 4.76. The Balaban J connectivity index is 1.72. The Kier molecular flexibility index (Phi) is 6.31. The number of H-pyrrole nitrogens is 1. The number of aromatic nitrogens is 2. The minimum atomic E-state index is -0.263. The van der Waals surface area contributed by atoms with E-state index in [1.807, 2.05) is 45.9 Å². The molecule has 0 bridgehead atoms. The normalized spacial score (nSPS) is 12.4. The number of thioether (sulfide) groups is 1. The van der Waals surface area contributed by atoms with Crippen LogP contribution in [0.15, 0.2) is 27.5 Å². The number of halogens is 1. The zero-order valence-corrected chi connectivity index (χ0v) is 19.6. The Morgan fingerprint density at radius 3 is 2.75 bits per heavy atom. The van der Waals surface area contributed by atoms with E-state index in [0.29, 0.717) is 17.0 Å². The highest BCUT2D eigenvalue weighted by molar-refractivity contribution is 9.10. The fourth-order valence-electron chi connectivity index (χ4n) is 3.03. The first kappa shape index (κ1) is 21.1. The number of fused-ring (bicyclic) bond motifs is 1. The van der Waals surface area contributed by atoms with E-state index >= 15 is 0 Å². The number of nitrogens with one attached hydrogen (secondary N) is 1. The van der Waals surface area contributed by atoms with Crippen LogP contribution in [0, 0.1) is 20.8 Å². The molecule has 0 aliphatic carbocycles.